The SMILES string of the molecule is CCS(=O)(=O)NC1CCC(CN2CC(c3cc(-c4ccc(F)cc4C(=O)N(CC(F)F)C(C)C)c4cnn(C)c4c3)C2)CC1. The number of amides is 1. The van der Waals surface area contributed by atoms with Crippen LogP contribution in [0.15, 0.2) is 36.5 Å². The second kappa shape index (κ2) is 13.2. The number of nitrogens with zero attached hydrogens (tertiary/aromatic N) is 4. The van der Waals surface area contributed by atoms with E-state index in [9.17, 15) is 26.4 Å². The van der Waals surface area contributed by atoms with Crippen molar-refractivity contribution in [3.63, 3.8) is 0 Å². The number of carbonyl (C=O) groups is 1. The molecule has 12 heteroatoms. The van der Waals surface area contributed by atoms with Crippen LogP contribution in [0.4, 0.5) is 13.2 Å². The lowest BCUT2D eigenvalue weighted by Gasteiger charge is -2.43. The fourth-order valence-electron chi connectivity index (χ4n) is 6.58. The molecule has 240 valence electrons. The number of benzene rings is 2. The number of aromatic nitrogens is 2. The number of sulfonamides is 1. The van der Waals surface area contributed by atoms with E-state index in [-0.39, 0.29) is 23.3 Å². The van der Waals surface area contributed by atoms with Gasteiger partial charge in [-0.05, 0) is 93.3 Å². The highest BCUT2D eigenvalue weighted by atomic mass is 32.2. The number of carbonyl (C=O) groups excluding carboxylic acids is 1. The summed E-state index contributed by atoms with van der Waals surface area (Å²) in [5.41, 5.74) is 3.22. The van der Waals surface area contributed by atoms with Crippen molar-refractivity contribution in [3.8, 4) is 11.1 Å². The Kier molecular flexibility index (Phi) is 9.72. The molecular formula is C32H42F3N5O3S. The molecule has 2 aromatic carbocycles. The molecule has 1 amide bonds. The van der Waals surface area contributed by atoms with E-state index < -0.39 is 40.8 Å². The maximum Gasteiger partial charge on any atom is 0.255 e. The highest BCUT2D eigenvalue weighted by Crippen LogP contribution is 2.38. The minimum atomic E-state index is -3.19. The van der Waals surface area contributed by atoms with Crippen molar-refractivity contribution in [1.29, 1.82) is 0 Å². The average Bonchev–Trinajstić information content (AvgIpc) is 3.33. The molecule has 2 fully saturated rings. The monoisotopic (exact) mass is 633 g/mol. The molecule has 1 N–H and O–H groups in total. The Morgan fingerprint density at radius 2 is 1.80 bits per heavy atom. The van der Waals surface area contributed by atoms with Crippen molar-refractivity contribution in [1.82, 2.24) is 24.3 Å². The maximum atomic E-state index is 14.5. The minimum absolute atomic E-state index is 0.0237. The summed E-state index contributed by atoms with van der Waals surface area (Å²) in [6, 6.07) is 7.67. The zero-order valence-electron chi connectivity index (χ0n) is 25.8. The van der Waals surface area contributed by atoms with Gasteiger partial charge in [0.25, 0.3) is 12.3 Å². The largest absolute Gasteiger partial charge is 0.330 e. The van der Waals surface area contributed by atoms with Crippen LogP contribution in [0.2, 0.25) is 0 Å². The molecule has 2 heterocycles. The molecule has 0 bridgehead atoms. The topological polar surface area (TPSA) is 87.5 Å². The van der Waals surface area contributed by atoms with Gasteiger partial charge >= 0.3 is 0 Å². The van der Waals surface area contributed by atoms with Crippen LogP contribution < -0.4 is 4.72 Å². The lowest BCUT2D eigenvalue weighted by molar-refractivity contribution is 0.0476. The number of rotatable bonds is 11. The van der Waals surface area contributed by atoms with Crippen LogP contribution in [-0.4, -0.2) is 84.3 Å². The first-order valence-corrected chi connectivity index (χ1v) is 17.1. The van der Waals surface area contributed by atoms with Gasteiger partial charge < -0.3 is 9.80 Å². The van der Waals surface area contributed by atoms with Crippen molar-refractivity contribution >= 4 is 26.8 Å². The second-order valence-electron chi connectivity index (χ2n) is 12.6. The van der Waals surface area contributed by atoms with E-state index in [4.69, 9.17) is 0 Å². The van der Waals surface area contributed by atoms with Crippen LogP contribution in [0.5, 0.6) is 0 Å². The van der Waals surface area contributed by atoms with Crippen molar-refractivity contribution in [2.45, 2.75) is 70.9 Å². The number of fused-ring (bicyclic) bond motifs is 1. The molecule has 3 aromatic rings. The van der Waals surface area contributed by atoms with Crippen LogP contribution in [0.3, 0.4) is 0 Å². The van der Waals surface area contributed by atoms with Gasteiger partial charge in [-0.2, -0.15) is 5.10 Å². The summed E-state index contributed by atoms with van der Waals surface area (Å²) >= 11 is 0. The summed E-state index contributed by atoms with van der Waals surface area (Å²) in [6.07, 6.45) is 2.69. The zero-order valence-corrected chi connectivity index (χ0v) is 26.6. The molecule has 0 spiro atoms. The van der Waals surface area contributed by atoms with E-state index in [2.05, 4.69) is 20.8 Å². The van der Waals surface area contributed by atoms with E-state index in [1.54, 1.807) is 37.7 Å². The van der Waals surface area contributed by atoms with Gasteiger partial charge in [-0.15, -0.1) is 0 Å². The Morgan fingerprint density at radius 3 is 2.43 bits per heavy atom. The third-order valence-corrected chi connectivity index (χ3v) is 10.6. The van der Waals surface area contributed by atoms with Gasteiger partial charge in [-0.1, -0.05) is 6.07 Å². The van der Waals surface area contributed by atoms with Crippen molar-refractivity contribution < 1.29 is 26.4 Å². The number of halogens is 3. The molecule has 1 saturated carbocycles. The molecule has 1 aromatic heterocycles. The van der Waals surface area contributed by atoms with Gasteiger partial charge in [0.2, 0.25) is 10.0 Å². The molecule has 2 aliphatic rings. The number of hydrogen-bond acceptors (Lipinski definition) is 5. The summed E-state index contributed by atoms with van der Waals surface area (Å²) in [5, 5.41) is 5.24. The number of likely N-dealkylation sites (tertiary alicyclic amines) is 1. The standard InChI is InChI=1S/C32H42F3N5O3S/c1-5-44(42,43)37-25-9-6-21(7-10-25)16-39-17-23(18-39)22-12-27(29-15-36-38(4)30(29)13-22)26-11-8-24(33)14-28(26)32(41)40(20(2)3)19-31(34)35/h8,11-15,20-21,23,25,31,37H,5-7,9-10,16-19H2,1-4H3. The van der Waals surface area contributed by atoms with Crippen molar-refractivity contribution in [2.75, 3.05) is 31.9 Å². The Balaban J connectivity index is 1.35. The van der Waals surface area contributed by atoms with Crippen molar-refractivity contribution in [2.24, 2.45) is 13.0 Å². The maximum absolute atomic E-state index is 14.5. The third-order valence-electron chi connectivity index (χ3n) is 9.13. The minimum Gasteiger partial charge on any atom is -0.330 e. The van der Waals surface area contributed by atoms with Crippen LogP contribution in [-0.2, 0) is 17.1 Å². The van der Waals surface area contributed by atoms with Crippen LogP contribution in [0, 0.1) is 11.7 Å². The normalized spacial score (nSPS) is 20.0. The Labute approximate surface area is 257 Å². The summed E-state index contributed by atoms with van der Waals surface area (Å²) in [4.78, 5) is 17.1. The van der Waals surface area contributed by atoms with Crippen LogP contribution >= 0.6 is 0 Å². The number of nitrogens with one attached hydrogen (secondary N) is 1. The Hall–Kier alpha value is -2.96. The summed E-state index contributed by atoms with van der Waals surface area (Å²) in [6.45, 7) is 6.96. The predicted octanol–water partition coefficient (Wildman–Crippen LogP) is 5.39. The average molecular weight is 634 g/mol. The summed E-state index contributed by atoms with van der Waals surface area (Å²) in [7, 11) is -1.34. The quantitative estimate of drug-likeness (QED) is 0.306. The molecule has 44 heavy (non-hydrogen) atoms. The summed E-state index contributed by atoms with van der Waals surface area (Å²) in [5.74, 6) is -0.362. The smallest absolute Gasteiger partial charge is 0.255 e. The fraction of sp³-hybridized carbons (Fsp3) is 0.562. The summed E-state index contributed by atoms with van der Waals surface area (Å²) < 4.78 is 69.7. The first-order chi connectivity index (χ1) is 20.8. The molecule has 1 aliphatic heterocycles. The van der Waals surface area contributed by atoms with Gasteiger partial charge in [0.05, 0.1) is 29.6 Å². The van der Waals surface area contributed by atoms with E-state index in [1.165, 1.54) is 6.07 Å². The van der Waals surface area contributed by atoms with Crippen LogP contribution in [0.1, 0.15) is 68.3 Å². The van der Waals surface area contributed by atoms with Crippen molar-refractivity contribution in [3.05, 3.63) is 53.5 Å². The molecule has 5 rings (SSSR count). The van der Waals surface area contributed by atoms with E-state index in [0.29, 0.717) is 11.5 Å². The van der Waals surface area contributed by atoms with Gasteiger partial charge in [-0.25, -0.2) is 26.3 Å². The molecule has 0 radical (unpaired) electrons. The number of hydrogen-bond donors (Lipinski definition) is 1. The van der Waals surface area contributed by atoms with Crippen LogP contribution in [0.25, 0.3) is 22.0 Å². The molecule has 8 nitrogen and oxygen atoms in total. The highest BCUT2D eigenvalue weighted by molar-refractivity contribution is 7.89. The van der Waals surface area contributed by atoms with Gasteiger partial charge in [-0.3, -0.25) is 9.48 Å². The van der Waals surface area contributed by atoms with E-state index in [1.807, 2.05) is 13.1 Å². The molecule has 0 unspecified atom stereocenters. The molecule has 0 atom stereocenters. The van der Waals surface area contributed by atoms with E-state index in [0.717, 1.165) is 78.3 Å². The third kappa shape index (κ3) is 7.13. The lowest BCUT2D eigenvalue weighted by Crippen LogP contribution is -2.48. The molecule has 1 aliphatic carbocycles. The Bertz CT molecular complexity index is 1600. The number of aryl methyl sites for hydroxylation is 1. The zero-order chi connectivity index (χ0) is 31.8. The lowest BCUT2D eigenvalue weighted by atomic mass is 9.83. The Morgan fingerprint density at radius 1 is 1.09 bits per heavy atom. The first-order valence-electron chi connectivity index (χ1n) is 15.4. The fourth-order valence-corrected chi connectivity index (χ4v) is 7.49. The van der Waals surface area contributed by atoms with Gasteiger partial charge in [0.15, 0.2) is 0 Å². The van der Waals surface area contributed by atoms with Gasteiger partial charge in [0.1, 0.15) is 5.82 Å². The number of alkyl halides is 2. The van der Waals surface area contributed by atoms with Gasteiger partial charge in [0, 0.05) is 50.1 Å². The molecular weight excluding hydrogens is 591 g/mol. The first kappa shape index (κ1) is 32.4. The van der Waals surface area contributed by atoms with E-state index >= 15 is 0 Å². The predicted molar refractivity (Wildman–Crippen MR) is 166 cm³/mol. The molecule has 1 saturated heterocycles. The highest BCUT2D eigenvalue weighted by Gasteiger charge is 2.33. The second-order valence-corrected chi connectivity index (χ2v) is 14.6.